The Morgan fingerprint density at radius 1 is 0.938 bits per heavy atom. The van der Waals surface area contributed by atoms with E-state index in [0.29, 0.717) is 0 Å². The number of ether oxygens (including phenoxy) is 1. The summed E-state index contributed by atoms with van der Waals surface area (Å²) in [5.41, 5.74) is 1.13. The number of carbonyl (C=O) groups is 1. The Labute approximate surface area is 191 Å². The van der Waals surface area contributed by atoms with Crippen molar-refractivity contribution >= 4 is 23.7 Å². The van der Waals surface area contributed by atoms with Gasteiger partial charge in [-0.15, -0.1) is 0 Å². The molecule has 1 fully saturated rings. The van der Waals surface area contributed by atoms with Crippen LogP contribution in [-0.2, 0) is 9.26 Å². The van der Waals surface area contributed by atoms with Crippen molar-refractivity contribution in [2.45, 2.75) is 44.4 Å². The van der Waals surface area contributed by atoms with Crippen LogP contribution in [0.25, 0.3) is 0 Å². The van der Waals surface area contributed by atoms with Crippen LogP contribution in [0.15, 0.2) is 91.0 Å². The van der Waals surface area contributed by atoms with E-state index in [9.17, 15) is 4.79 Å². The molecule has 5 heteroatoms. The van der Waals surface area contributed by atoms with Gasteiger partial charge in [-0.3, -0.25) is 0 Å². The van der Waals surface area contributed by atoms with Gasteiger partial charge >= 0.3 is 191 Å². The van der Waals surface area contributed by atoms with Crippen molar-refractivity contribution in [1.82, 2.24) is 5.09 Å². The van der Waals surface area contributed by atoms with Crippen molar-refractivity contribution in [3.8, 4) is 0 Å². The number of hydrogen-bond donors (Lipinski definition) is 1. The van der Waals surface area contributed by atoms with E-state index in [4.69, 9.17) is 9.26 Å². The first-order valence-corrected chi connectivity index (χ1v) is 13.4. The molecule has 0 aliphatic carbocycles. The van der Waals surface area contributed by atoms with E-state index in [1.165, 1.54) is 7.11 Å². The molecule has 1 N–H and O–H groups in total. The van der Waals surface area contributed by atoms with Crippen molar-refractivity contribution in [3.63, 3.8) is 0 Å². The summed E-state index contributed by atoms with van der Waals surface area (Å²) in [4.78, 5) is 13.0. The first kappa shape index (κ1) is 22.5. The number of hydrogen-bond acceptors (Lipinski definition) is 3. The van der Waals surface area contributed by atoms with Gasteiger partial charge in [0.2, 0.25) is 0 Å². The van der Waals surface area contributed by atoms with Gasteiger partial charge in [0.15, 0.2) is 0 Å². The summed E-state index contributed by atoms with van der Waals surface area (Å²) in [7, 11) is 1.41. The van der Waals surface area contributed by atoms with Gasteiger partial charge in [-0.25, -0.2) is 0 Å². The van der Waals surface area contributed by atoms with Gasteiger partial charge in [0, 0.05) is 0 Å². The van der Waals surface area contributed by atoms with Crippen molar-refractivity contribution in [1.29, 1.82) is 0 Å². The van der Waals surface area contributed by atoms with Crippen LogP contribution >= 0.6 is 6.98 Å². The molecule has 0 radical (unpaired) electrons. The summed E-state index contributed by atoms with van der Waals surface area (Å²) in [6.07, 6.45) is 2.39. The van der Waals surface area contributed by atoms with E-state index in [0.717, 1.165) is 35.4 Å². The maximum atomic E-state index is 13.0. The molecule has 32 heavy (non-hydrogen) atoms. The standard InChI is InChI=1S/C27H32NO3P/c1-4-5-21-27(2)25(22-15-9-6-10-16-22)31-32(27,28-26(29)30-3,23-17-11-7-12-18-23)24-19-13-8-14-20-24/h6-20,25H,4-5,21H2,1-3H3,(H,28,29). The van der Waals surface area contributed by atoms with Crippen molar-refractivity contribution in [2.75, 3.05) is 7.11 Å². The van der Waals surface area contributed by atoms with Crippen molar-refractivity contribution in [3.05, 3.63) is 96.6 Å². The van der Waals surface area contributed by atoms with Crippen LogP contribution in [0.5, 0.6) is 0 Å². The molecule has 0 saturated carbocycles. The topological polar surface area (TPSA) is 47.6 Å². The monoisotopic (exact) mass is 449 g/mol. The summed E-state index contributed by atoms with van der Waals surface area (Å²) in [6, 6.07) is 30.8. The Hall–Kier alpha value is -2.68. The van der Waals surface area contributed by atoms with Crippen LogP contribution in [0.3, 0.4) is 0 Å². The van der Waals surface area contributed by atoms with Crippen molar-refractivity contribution in [2.24, 2.45) is 0 Å². The predicted molar refractivity (Wildman–Crippen MR) is 133 cm³/mol. The van der Waals surface area contributed by atoms with Crippen LogP contribution in [-0.4, -0.2) is 18.4 Å². The van der Waals surface area contributed by atoms with Gasteiger partial charge in [-0.05, 0) is 0 Å². The third-order valence-corrected chi connectivity index (χ3v) is 13.2. The molecule has 1 aliphatic heterocycles. The Morgan fingerprint density at radius 3 is 1.91 bits per heavy atom. The Kier molecular flexibility index (Phi) is 6.11. The predicted octanol–water partition coefficient (Wildman–Crippen LogP) is 6.10. The third kappa shape index (κ3) is 3.09. The molecule has 4 rings (SSSR count). The first-order chi connectivity index (χ1) is 15.5. The van der Waals surface area contributed by atoms with Crippen LogP contribution in [0.2, 0.25) is 0 Å². The quantitative estimate of drug-likeness (QED) is 0.444. The van der Waals surface area contributed by atoms with Crippen LogP contribution in [0.1, 0.15) is 44.8 Å². The zero-order chi connectivity index (χ0) is 22.7. The average Bonchev–Trinajstić information content (AvgIpc) is 2.86. The van der Waals surface area contributed by atoms with Gasteiger partial charge < -0.3 is 0 Å². The summed E-state index contributed by atoms with van der Waals surface area (Å²) < 4.78 is 12.4. The number of rotatable bonds is 7. The second kappa shape index (κ2) is 8.69. The zero-order valence-electron chi connectivity index (χ0n) is 19.0. The van der Waals surface area contributed by atoms with Gasteiger partial charge in [-0.2, -0.15) is 0 Å². The average molecular weight is 450 g/mol. The van der Waals surface area contributed by atoms with E-state index in [1.807, 2.05) is 54.6 Å². The van der Waals surface area contributed by atoms with Gasteiger partial charge in [0.1, 0.15) is 0 Å². The molecule has 4 nitrogen and oxygen atoms in total. The number of nitrogens with one attached hydrogen (secondary N) is 1. The number of benzene rings is 3. The van der Waals surface area contributed by atoms with Crippen molar-refractivity contribution < 1.29 is 14.1 Å². The van der Waals surface area contributed by atoms with E-state index < -0.39 is 13.1 Å². The molecule has 1 amide bonds. The minimum absolute atomic E-state index is 0.148. The second-order valence-corrected chi connectivity index (χ2v) is 13.2. The fraction of sp³-hybridized carbons (Fsp3) is 0.296. The number of amides is 1. The molecule has 3 aromatic rings. The molecule has 0 bridgehead atoms. The molecule has 2 atom stereocenters. The van der Waals surface area contributed by atoms with E-state index in [2.05, 4.69) is 55.3 Å². The van der Waals surface area contributed by atoms with Crippen LogP contribution < -0.4 is 15.7 Å². The summed E-state index contributed by atoms with van der Waals surface area (Å²) in [5, 5.41) is 5.04. The van der Waals surface area contributed by atoms with Crippen LogP contribution in [0, 0.1) is 0 Å². The molecular weight excluding hydrogens is 417 g/mol. The Bertz CT molecular complexity index is 1020. The van der Waals surface area contributed by atoms with Crippen LogP contribution in [0.4, 0.5) is 4.79 Å². The number of carbonyl (C=O) groups excluding carboxylic acids is 1. The third-order valence-electron chi connectivity index (χ3n) is 6.98. The van der Waals surface area contributed by atoms with Gasteiger partial charge in [-0.1, -0.05) is 0 Å². The number of unbranched alkanes of at least 4 members (excludes halogenated alkanes) is 1. The van der Waals surface area contributed by atoms with E-state index in [-0.39, 0.29) is 11.3 Å². The fourth-order valence-corrected chi connectivity index (χ4v) is 11.6. The second-order valence-electron chi connectivity index (χ2n) is 8.67. The summed E-state index contributed by atoms with van der Waals surface area (Å²) in [5.74, 6) is 0. The Morgan fingerprint density at radius 2 is 1.44 bits per heavy atom. The molecule has 0 spiro atoms. The molecule has 1 saturated heterocycles. The summed E-state index contributed by atoms with van der Waals surface area (Å²) >= 11 is 0. The van der Waals surface area contributed by atoms with Gasteiger partial charge in [0.25, 0.3) is 0 Å². The fourth-order valence-electron chi connectivity index (χ4n) is 5.33. The zero-order valence-corrected chi connectivity index (χ0v) is 19.9. The Balaban J connectivity index is 2.05. The minimum atomic E-state index is -3.71. The maximum absolute atomic E-state index is 13.0. The first-order valence-electron chi connectivity index (χ1n) is 11.2. The molecule has 1 aliphatic rings. The molecule has 0 aromatic heterocycles. The normalized spacial score (nSPS) is 24.3. The van der Waals surface area contributed by atoms with E-state index in [1.54, 1.807) is 0 Å². The molecule has 3 aromatic carbocycles. The number of methoxy groups -OCH3 is 1. The molecular formula is C27H32NO3P. The van der Waals surface area contributed by atoms with Gasteiger partial charge in [0.05, 0.1) is 0 Å². The van der Waals surface area contributed by atoms with E-state index >= 15 is 0 Å². The molecule has 2 unspecified atom stereocenters. The molecule has 1 heterocycles. The summed E-state index contributed by atoms with van der Waals surface area (Å²) in [6.45, 7) is 0.780. The molecule has 168 valence electrons. The SMILES string of the molecule is CCCCC1(C)C(c2ccccc2)OP1(NC(=O)OC)(c1ccccc1)c1ccccc1.